The maximum Gasteiger partial charge on any atom is 0.312 e. The molecule has 2 rings (SSSR count). The van der Waals surface area contributed by atoms with Crippen LogP contribution in [0.2, 0.25) is 0 Å². The molecule has 3 amide bonds. The number of primary amides is 1. The lowest BCUT2D eigenvalue weighted by Gasteiger charge is -2.18. The van der Waals surface area contributed by atoms with Crippen molar-refractivity contribution in [3.8, 4) is 0 Å². The van der Waals surface area contributed by atoms with Crippen molar-refractivity contribution in [3.63, 3.8) is 0 Å². The Hall–Kier alpha value is -2.41. The molecule has 126 valence electrons. The van der Waals surface area contributed by atoms with Gasteiger partial charge in [-0.05, 0) is 48.4 Å². The van der Waals surface area contributed by atoms with Gasteiger partial charge in [-0.3, -0.25) is 4.79 Å². The summed E-state index contributed by atoms with van der Waals surface area (Å²) in [5.74, 6) is -0.681. The summed E-state index contributed by atoms with van der Waals surface area (Å²) in [6.07, 6.45) is 0.00138. The molecule has 4 N–H and O–H groups in total. The maximum atomic E-state index is 13.1. The highest BCUT2D eigenvalue weighted by atomic mass is 79.9. The van der Waals surface area contributed by atoms with E-state index in [1.54, 1.807) is 19.1 Å². The van der Waals surface area contributed by atoms with Crippen LogP contribution < -0.4 is 16.4 Å². The second-order valence-electron chi connectivity index (χ2n) is 5.32. The highest BCUT2D eigenvalue weighted by molar-refractivity contribution is 9.10. The fraction of sp³-hybridized carbons (Fsp3) is 0.176. The lowest BCUT2D eigenvalue weighted by molar-refractivity contribution is -0.116. The monoisotopic (exact) mass is 393 g/mol. The lowest BCUT2D eigenvalue weighted by atomic mass is 10.0. The first-order valence-electron chi connectivity index (χ1n) is 7.22. The average Bonchev–Trinajstić information content (AvgIpc) is 2.50. The number of aryl methyl sites for hydroxylation is 1. The third-order valence-corrected chi connectivity index (χ3v) is 3.97. The molecular weight excluding hydrogens is 377 g/mol. The van der Waals surface area contributed by atoms with Crippen molar-refractivity contribution in [1.82, 2.24) is 5.32 Å². The number of rotatable bonds is 5. The summed E-state index contributed by atoms with van der Waals surface area (Å²) in [6.45, 7) is 1.70. The van der Waals surface area contributed by atoms with Gasteiger partial charge >= 0.3 is 6.03 Å². The van der Waals surface area contributed by atoms with Crippen LogP contribution in [0.25, 0.3) is 0 Å². The van der Waals surface area contributed by atoms with Crippen LogP contribution in [-0.4, -0.2) is 11.9 Å². The quantitative estimate of drug-likeness (QED) is 0.724. The minimum atomic E-state index is -0.714. The number of nitrogens with one attached hydrogen (secondary N) is 2. The summed E-state index contributed by atoms with van der Waals surface area (Å²) >= 11 is 3.33. The molecule has 0 saturated carbocycles. The van der Waals surface area contributed by atoms with E-state index in [9.17, 15) is 14.0 Å². The van der Waals surface area contributed by atoms with Crippen LogP contribution in [0.3, 0.4) is 0 Å². The fourth-order valence-corrected chi connectivity index (χ4v) is 2.54. The van der Waals surface area contributed by atoms with Crippen molar-refractivity contribution in [3.05, 3.63) is 63.9 Å². The van der Waals surface area contributed by atoms with Gasteiger partial charge in [0, 0.05) is 10.2 Å². The molecule has 2 aromatic rings. The minimum Gasteiger partial charge on any atom is -0.352 e. The van der Waals surface area contributed by atoms with E-state index in [0.29, 0.717) is 11.3 Å². The summed E-state index contributed by atoms with van der Waals surface area (Å²) in [7, 11) is 0. The van der Waals surface area contributed by atoms with Gasteiger partial charge < -0.3 is 16.4 Å². The standard InChI is InChI=1S/C17H17BrFN3O2/c1-10-8-13(19)6-7-14(10)21-16(23)9-15(22-17(20)24)11-2-4-12(18)5-3-11/h2-8,15H,9H2,1H3,(H,21,23)(H3,20,22,24)/t15-/m0/s1. The van der Waals surface area contributed by atoms with E-state index in [4.69, 9.17) is 5.73 Å². The van der Waals surface area contributed by atoms with Crippen molar-refractivity contribution in [1.29, 1.82) is 0 Å². The summed E-state index contributed by atoms with van der Waals surface area (Å²) < 4.78 is 14.0. The molecule has 0 fully saturated rings. The van der Waals surface area contributed by atoms with Crippen LogP contribution in [0.1, 0.15) is 23.6 Å². The van der Waals surface area contributed by atoms with Gasteiger partial charge in [-0.1, -0.05) is 28.1 Å². The first-order chi connectivity index (χ1) is 11.3. The van der Waals surface area contributed by atoms with Gasteiger partial charge in [-0.25, -0.2) is 9.18 Å². The van der Waals surface area contributed by atoms with E-state index in [1.807, 2.05) is 12.1 Å². The number of anilines is 1. The first-order valence-corrected chi connectivity index (χ1v) is 8.02. The Bertz CT molecular complexity index is 750. The topological polar surface area (TPSA) is 84.2 Å². The molecule has 0 aliphatic heterocycles. The van der Waals surface area contributed by atoms with Crippen LogP contribution >= 0.6 is 15.9 Å². The second kappa shape index (κ2) is 7.92. The van der Waals surface area contributed by atoms with E-state index in [1.165, 1.54) is 18.2 Å². The summed E-state index contributed by atoms with van der Waals surface area (Å²) in [5, 5.41) is 5.27. The number of carbonyl (C=O) groups excluding carboxylic acids is 2. The molecular formula is C17H17BrFN3O2. The smallest absolute Gasteiger partial charge is 0.312 e. The Morgan fingerprint density at radius 2 is 1.88 bits per heavy atom. The normalized spacial score (nSPS) is 11.6. The van der Waals surface area contributed by atoms with Crippen LogP contribution in [0.5, 0.6) is 0 Å². The third-order valence-electron chi connectivity index (χ3n) is 3.44. The van der Waals surface area contributed by atoms with E-state index < -0.39 is 12.1 Å². The number of hydrogen-bond acceptors (Lipinski definition) is 2. The number of halogens is 2. The zero-order valence-corrected chi connectivity index (χ0v) is 14.6. The molecule has 0 saturated heterocycles. The van der Waals surface area contributed by atoms with Crippen LogP contribution in [0, 0.1) is 12.7 Å². The van der Waals surface area contributed by atoms with E-state index in [-0.39, 0.29) is 18.1 Å². The SMILES string of the molecule is Cc1cc(F)ccc1NC(=O)C[C@H](NC(N)=O)c1ccc(Br)cc1. The molecule has 7 heteroatoms. The Labute approximate surface area is 147 Å². The number of hydrogen-bond donors (Lipinski definition) is 3. The molecule has 0 spiro atoms. The molecule has 2 aromatic carbocycles. The van der Waals surface area contributed by atoms with Crippen molar-refractivity contribution in [2.24, 2.45) is 5.73 Å². The lowest BCUT2D eigenvalue weighted by Crippen LogP contribution is -2.35. The van der Waals surface area contributed by atoms with Gasteiger partial charge in [0.05, 0.1) is 12.5 Å². The molecule has 0 heterocycles. The number of nitrogens with two attached hydrogens (primary N) is 1. The molecule has 0 bridgehead atoms. The first kappa shape index (κ1) is 17.9. The molecule has 0 aliphatic rings. The van der Waals surface area contributed by atoms with Crippen LogP contribution in [0.15, 0.2) is 46.9 Å². The maximum absolute atomic E-state index is 13.1. The van der Waals surface area contributed by atoms with Gasteiger partial charge in [-0.2, -0.15) is 0 Å². The van der Waals surface area contributed by atoms with Crippen molar-refractivity contribution < 1.29 is 14.0 Å². The molecule has 0 aliphatic carbocycles. The van der Waals surface area contributed by atoms with Gasteiger partial charge in [0.15, 0.2) is 0 Å². The zero-order chi connectivity index (χ0) is 17.7. The third kappa shape index (κ3) is 5.06. The summed E-state index contributed by atoms with van der Waals surface area (Å²) in [5.41, 5.74) is 7.09. The molecule has 0 radical (unpaired) electrons. The van der Waals surface area contributed by atoms with Crippen molar-refractivity contribution >= 4 is 33.6 Å². The predicted octanol–water partition coefficient (Wildman–Crippen LogP) is 3.63. The molecule has 1 atom stereocenters. The highest BCUT2D eigenvalue weighted by Crippen LogP contribution is 2.21. The average molecular weight is 394 g/mol. The van der Waals surface area contributed by atoms with E-state index in [2.05, 4.69) is 26.6 Å². The Balaban J connectivity index is 2.12. The molecule has 0 unspecified atom stereocenters. The van der Waals surface area contributed by atoms with E-state index >= 15 is 0 Å². The van der Waals surface area contributed by atoms with Gasteiger partial charge in [0.2, 0.25) is 5.91 Å². The van der Waals surface area contributed by atoms with Crippen molar-refractivity contribution in [2.75, 3.05) is 5.32 Å². The molecule has 0 aromatic heterocycles. The zero-order valence-electron chi connectivity index (χ0n) is 13.0. The summed E-state index contributed by atoms with van der Waals surface area (Å²) in [6, 6.07) is 10.0. The van der Waals surface area contributed by atoms with Gasteiger partial charge in [0.1, 0.15) is 5.82 Å². The Kier molecular flexibility index (Phi) is 5.92. The number of urea groups is 1. The summed E-state index contributed by atoms with van der Waals surface area (Å²) in [4.78, 5) is 23.5. The Morgan fingerprint density at radius 3 is 2.46 bits per heavy atom. The van der Waals surface area contributed by atoms with Gasteiger partial charge in [0.25, 0.3) is 0 Å². The largest absolute Gasteiger partial charge is 0.352 e. The molecule has 5 nitrogen and oxygen atoms in total. The number of benzene rings is 2. The second-order valence-corrected chi connectivity index (χ2v) is 6.24. The van der Waals surface area contributed by atoms with Crippen molar-refractivity contribution in [2.45, 2.75) is 19.4 Å². The van der Waals surface area contributed by atoms with Gasteiger partial charge in [-0.15, -0.1) is 0 Å². The van der Waals surface area contributed by atoms with E-state index in [0.717, 1.165) is 10.0 Å². The fourth-order valence-electron chi connectivity index (χ4n) is 2.27. The highest BCUT2D eigenvalue weighted by Gasteiger charge is 2.18. The minimum absolute atomic E-state index is 0.00138. The van der Waals surface area contributed by atoms with Crippen LogP contribution in [-0.2, 0) is 4.79 Å². The van der Waals surface area contributed by atoms with Crippen LogP contribution in [0.4, 0.5) is 14.9 Å². The molecule has 24 heavy (non-hydrogen) atoms. The predicted molar refractivity (Wildman–Crippen MR) is 94.0 cm³/mol. The Morgan fingerprint density at radius 1 is 1.21 bits per heavy atom. The number of carbonyl (C=O) groups is 2. The number of amides is 3.